The van der Waals surface area contributed by atoms with E-state index in [1.165, 1.54) is 11.1 Å². The first-order valence-electron chi connectivity index (χ1n) is 7.55. The topological polar surface area (TPSA) is 60.4 Å². The molecule has 1 amide bonds. The fourth-order valence-electron chi connectivity index (χ4n) is 3.01. The zero-order valence-electron chi connectivity index (χ0n) is 12.4. The number of nitrogens with zero attached hydrogens (tertiary/aromatic N) is 2. The third-order valence-electron chi connectivity index (χ3n) is 4.07. The van der Waals surface area contributed by atoms with Gasteiger partial charge in [0.1, 0.15) is 6.04 Å². The van der Waals surface area contributed by atoms with E-state index < -0.39 is 6.04 Å². The lowest BCUT2D eigenvalue weighted by Gasteiger charge is -2.37. The molecule has 1 fully saturated rings. The second-order valence-electron chi connectivity index (χ2n) is 5.54. The van der Waals surface area contributed by atoms with Crippen LogP contribution in [0.25, 0.3) is 0 Å². The molecule has 1 atom stereocenters. The molecule has 2 aromatic carbocycles. The SMILES string of the molecule is NC(=O)C1CN(C(c2ccccc2)c2ccccc2)CC[N]1. The molecule has 4 nitrogen and oxygen atoms in total. The van der Waals surface area contributed by atoms with E-state index in [2.05, 4.69) is 34.5 Å². The van der Waals surface area contributed by atoms with Crippen molar-refractivity contribution in [1.82, 2.24) is 10.2 Å². The van der Waals surface area contributed by atoms with E-state index in [1.807, 2.05) is 36.4 Å². The number of hydrogen-bond acceptors (Lipinski definition) is 2. The maximum atomic E-state index is 11.5. The predicted octanol–water partition coefficient (Wildman–Crippen LogP) is 1.55. The Hall–Kier alpha value is -2.17. The molecule has 0 bridgehead atoms. The van der Waals surface area contributed by atoms with E-state index >= 15 is 0 Å². The number of carbonyl (C=O) groups is 1. The average molecular weight is 294 g/mol. The van der Waals surface area contributed by atoms with Gasteiger partial charge in [-0.25, -0.2) is 5.32 Å². The molecule has 1 aliphatic rings. The molecule has 1 saturated heterocycles. The zero-order chi connectivity index (χ0) is 15.4. The van der Waals surface area contributed by atoms with Gasteiger partial charge in [0.2, 0.25) is 5.91 Å². The quantitative estimate of drug-likeness (QED) is 0.930. The van der Waals surface area contributed by atoms with E-state index in [0.717, 1.165) is 6.54 Å². The van der Waals surface area contributed by atoms with E-state index in [1.54, 1.807) is 0 Å². The first kappa shape index (κ1) is 14.8. The molecule has 1 radical (unpaired) electrons. The van der Waals surface area contributed by atoms with Gasteiger partial charge in [-0.05, 0) is 11.1 Å². The highest BCUT2D eigenvalue weighted by atomic mass is 16.1. The maximum Gasteiger partial charge on any atom is 0.237 e. The van der Waals surface area contributed by atoms with Gasteiger partial charge in [-0.2, -0.15) is 0 Å². The number of carbonyl (C=O) groups excluding carboxylic acids is 1. The van der Waals surface area contributed by atoms with Gasteiger partial charge in [0.15, 0.2) is 0 Å². The molecule has 4 heteroatoms. The van der Waals surface area contributed by atoms with Crippen LogP contribution in [-0.4, -0.2) is 36.5 Å². The molecule has 2 aromatic rings. The van der Waals surface area contributed by atoms with E-state index in [4.69, 9.17) is 5.73 Å². The van der Waals surface area contributed by atoms with Crippen LogP contribution in [0.4, 0.5) is 0 Å². The highest BCUT2D eigenvalue weighted by Crippen LogP contribution is 2.29. The molecule has 0 aromatic heterocycles. The Morgan fingerprint density at radius 1 is 1.05 bits per heavy atom. The van der Waals surface area contributed by atoms with Crippen LogP contribution in [-0.2, 0) is 4.79 Å². The van der Waals surface area contributed by atoms with Gasteiger partial charge in [-0.1, -0.05) is 60.7 Å². The number of piperazine rings is 1. The molecule has 3 rings (SSSR count). The number of amides is 1. The van der Waals surface area contributed by atoms with Gasteiger partial charge in [0.05, 0.1) is 6.04 Å². The van der Waals surface area contributed by atoms with Gasteiger partial charge < -0.3 is 5.73 Å². The van der Waals surface area contributed by atoms with Crippen molar-refractivity contribution in [3.8, 4) is 0 Å². The summed E-state index contributed by atoms with van der Waals surface area (Å²) < 4.78 is 0. The Morgan fingerprint density at radius 3 is 2.09 bits per heavy atom. The summed E-state index contributed by atoms with van der Waals surface area (Å²) in [5.74, 6) is -0.343. The first-order valence-corrected chi connectivity index (χ1v) is 7.55. The summed E-state index contributed by atoms with van der Waals surface area (Å²) in [5.41, 5.74) is 7.89. The van der Waals surface area contributed by atoms with Crippen LogP contribution in [0.15, 0.2) is 60.7 Å². The molecular weight excluding hydrogens is 274 g/mol. The van der Waals surface area contributed by atoms with Gasteiger partial charge >= 0.3 is 0 Å². The largest absolute Gasteiger partial charge is 0.368 e. The molecule has 113 valence electrons. The molecule has 0 saturated carbocycles. The number of hydrogen-bond donors (Lipinski definition) is 1. The van der Waals surface area contributed by atoms with Gasteiger partial charge in [0, 0.05) is 19.6 Å². The molecule has 22 heavy (non-hydrogen) atoms. The van der Waals surface area contributed by atoms with E-state index in [0.29, 0.717) is 13.1 Å². The summed E-state index contributed by atoms with van der Waals surface area (Å²) >= 11 is 0. The summed E-state index contributed by atoms with van der Waals surface area (Å²) in [7, 11) is 0. The van der Waals surface area contributed by atoms with Crippen LogP contribution in [0.3, 0.4) is 0 Å². The van der Waals surface area contributed by atoms with Crippen LogP contribution in [0.5, 0.6) is 0 Å². The third kappa shape index (κ3) is 3.18. The van der Waals surface area contributed by atoms with E-state index in [-0.39, 0.29) is 11.9 Å². The molecule has 2 N–H and O–H groups in total. The number of benzene rings is 2. The molecule has 1 heterocycles. The fourth-order valence-corrected chi connectivity index (χ4v) is 3.01. The van der Waals surface area contributed by atoms with Crippen molar-refractivity contribution >= 4 is 5.91 Å². The Bertz CT molecular complexity index is 575. The van der Waals surface area contributed by atoms with E-state index in [9.17, 15) is 4.79 Å². The second kappa shape index (κ2) is 6.73. The summed E-state index contributed by atoms with van der Waals surface area (Å²) in [4.78, 5) is 13.8. The van der Waals surface area contributed by atoms with Crippen molar-refractivity contribution in [3.63, 3.8) is 0 Å². The lowest BCUT2D eigenvalue weighted by atomic mass is 9.96. The first-order chi connectivity index (χ1) is 10.8. The van der Waals surface area contributed by atoms with Crippen molar-refractivity contribution in [3.05, 3.63) is 71.8 Å². The summed E-state index contributed by atoms with van der Waals surface area (Å²) in [6.07, 6.45) is 0. The minimum Gasteiger partial charge on any atom is -0.368 e. The van der Waals surface area contributed by atoms with Gasteiger partial charge in [-0.15, -0.1) is 0 Å². The standard InChI is InChI=1S/C18H20N3O/c19-18(22)16-13-21(12-11-20-16)17(14-7-3-1-4-8-14)15-9-5-2-6-10-15/h1-10,16-17H,11-13H2,(H2,19,22). The summed E-state index contributed by atoms with van der Waals surface area (Å²) in [5, 5.41) is 4.33. The highest BCUT2D eigenvalue weighted by Gasteiger charge is 2.30. The van der Waals surface area contributed by atoms with Crippen molar-refractivity contribution in [2.24, 2.45) is 5.73 Å². The normalized spacial score (nSPS) is 19.2. The average Bonchev–Trinajstić information content (AvgIpc) is 2.57. The minimum atomic E-state index is -0.413. The molecular formula is C18H20N3O. The van der Waals surface area contributed by atoms with Gasteiger partial charge in [0.25, 0.3) is 0 Å². The number of primary amides is 1. The van der Waals surface area contributed by atoms with Crippen LogP contribution in [0, 0.1) is 0 Å². The van der Waals surface area contributed by atoms with Crippen LogP contribution >= 0.6 is 0 Å². The highest BCUT2D eigenvalue weighted by molar-refractivity contribution is 5.80. The Morgan fingerprint density at radius 2 is 1.59 bits per heavy atom. The number of nitrogens with two attached hydrogens (primary N) is 1. The minimum absolute atomic E-state index is 0.125. The maximum absolute atomic E-state index is 11.5. The van der Waals surface area contributed by atoms with Crippen LogP contribution < -0.4 is 11.1 Å². The lowest BCUT2D eigenvalue weighted by molar-refractivity contribution is -0.121. The Labute approximate surface area is 130 Å². The summed E-state index contributed by atoms with van der Waals surface area (Å²) in [6, 6.07) is 20.4. The fraction of sp³-hybridized carbons (Fsp3) is 0.278. The predicted molar refractivity (Wildman–Crippen MR) is 86.3 cm³/mol. The van der Waals surface area contributed by atoms with Crippen LogP contribution in [0.2, 0.25) is 0 Å². The Kier molecular flexibility index (Phi) is 4.51. The second-order valence-corrected chi connectivity index (χ2v) is 5.54. The molecule has 1 unspecified atom stereocenters. The van der Waals surface area contributed by atoms with Crippen molar-refractivity contribution in [1.29, 1.82) is 0 Å². The van der Waals surface area contributed by atoms with Crippen molar-refractivity contribution in [2.45, 2.75) is 12.1 Å². The van der Waals surface area contributed by atoms with Crippen LogP contribution in [0.1, 0.15) is 17.2 Å². The third-order valence-corrected chi connectivity index (χ3v) is 4.07. The summed E-state index contributed by atoms with van der Waals surface area (Å²) in [6.45, 7) is 2.05. The monoisotopic (exact) mass is 294 g/mol. The van der Waals surface area contributed by atoms with Crippen molar-refractivity contribution in [2.75, 3.05) is 19.6 Å². The zero-order valence-corrected chi connectivity index (χ0v) is 12.4. The molecule has 1 aliphatic heterocycles. The van der Waals surface area contributed by atoms with Crippen molar-refractivity contribution < 1.29 is 4.79 Å². The Balaban J connectivity index is 1.94. The van der Waals surface area contributed by atoms with Gasteiger partial charge in [-0.3, -0.25) is 9.69 Å². The smallest absolute Gasteiger partial charge is 0.237 e. The lowest BCUT2D eigenvalue weighted by Crippen LogP contribution is -2.53. The molecule has 0 spiro atoms. The number of rotatable bonds is 4. The molecule has 0 aliphatic carbocycles.